The molecule has 0 heterocycles. The monoisotopic (exact) mass is 282 g/mol. The van der Waals surface area contributed by atoms with E-state index >= 15 is 0 Å². The Hall–Kier alpha value is -1.42. The number of nitrogens with zero attached hydrogens (tertiary/aromatic N) is 1. The topological polar surface area (TPSA) is 90.2 Å². The van der Waals surface area contributed by atoms with E-state index < -0.39 is 10.0 Å². The van der Waals surface area contributed by atoms with Crippen LogP contribution in [0.1, 0.15) is 31.2 Å². The molecule has 0 saturated heterocycles. The third-order valence-corrected chi connectivity index (χ3v) is 4.11. The van der Waals surface area contributed by atoms with Gasteiger partial charge < -0.3 is 5.11 Å². The molecular formula is C13H18N2O3S. The normalized spacial score (nSPS) is 11.2. The van der Waals surface area contributed by atoms with Gasteiger partial charge in [-0.05, 0) is 31.0 Å². The average Bonchev–Trinajstić information content (AvgIpc) is 2.43. The van der Waals surface area contributed by atoms with Crippen LogP contribution >= 0.6 is 0 Å². The Bertz CT molecular complexity index is 535. The van der Waals surface area contributed by atoms with Crippen LogP contribution in [0.2, 0.25) is 0 Å². The Morgan fingerprint density at radius 3 is 2.63 bits per heavy atom. The molecule has 0 fully saturated rings. The maximum atomic E-state index is 11.9. The van der Waals surface area contributed by atoms with Gasteiger partial charge >= 0.3 is 0 Å². The molecule has 0 aromatic heterocycles. The second-order valence-corrected chi connectivity index (χ2v) is 5.94. The quantitative estimate of drug-likeness (QED) is 0.705. The van der Waals surface area contributed by atoms with Gasteiger partial charge in [0, 0.05) is 13.2 Å². The maximum Gasteiger partial charge on any atom is 0.240 e. The largest absolute Gasteiger partial charge is 0.396 e. The van der Waals surface area contributed by atoms with Gasteiger partial charge in [0.1, 0.15) is 0 Å². The summed E-state index contributed by atoms with van der Waals surface area (Å²) in [5, 5.41) is 17.4. The number of nitriles is 1. The van der Waals surface area contributed by atoms with Crippen LogP contribution in [0.15, 0.2) is 29.2 Å². The first-order chi connectivity index (χ1) is 9.10. The molecule has 19 heavy (non-hydrogen) atoms. The summed E-state index contributed by atoms with van der Waals surface area (Å²) >= 11 is 0. The highest BCUT2D eigenvalue weighted by atomic mass is 32.2. The molecule has 0 unspecified atom stereocenters. The highest BCUT2D eigenvalue weighted by Gasteiger charge is 2.13. The van der Waals surface area contributed by atoms with Gasteiger partial charge in [-0.3, -0.25) is 0 Å². The minimum Gasteiger partial charge on any atom is -0.396 e. The lowest BCUT2D eigenvalue weighted by Gasteiger charge is -2.06. The molecule has 104 valence electrons. The molecule has 1 aromatic rings. The predicted octanol–water partition coefficient (Wildman–Crippen LogP) is 1.39. The fraction of sp³-hybridized carbons (Fsp3) is 0.462. The summed E-state index contributed by atoms with van der Waals surface area (Å²) in [6.45, 7) is 0.539. The van der Waals surface area contributed by atoms with Gasteiger partial charge in [-0.25, -0.2) is 13.1 Å². The van der Waals surface area contributed by atoms with Crippen LogP contribution in [0.25, 0.3) is 0 Å². The summed E-state index contributed by atoms with van der Waals surface area (Å²) in [4.78, 5) is 0.113. The first kappa shape index (κ1) is 15.6. The predicted molar refractivity (Wildman–Crippen MR) is 71.9 cm³/mol. The van der Waals surface area contributed by atoms with E-state index in [1.165, 1.54) is 12.1 Å². The zero-order valence-electron chi connectivity index (χ0n) is 10.7. The molecule has 0 aliphatic carbocycles. The molecule has 1 rings (SSSR count). The van der Waals surface area contributed by atoms with Crippen LogP contribution in [0, 0.1) is 11.3 Å². The van der Waals surface area contributed by atoms with Crippen molar-refractivity contribution in [2.75, 3.05) is 13.2 Å². The Morgan fingerprint density at radius 1 is 1.21 bits per heavy atom. The molecule has 0 amide bonds. The SMILES string of the molecule is N#Cc1cccc(S(=O)(=O)NCCCCCCO)c1. The van der Waals surface area contributed by atoms with E-state index in [4.69, 9.17) is 10.4 Å². The van der Waals surface area contributed by atoms with E-state index in [9.17, 15) is 8.42 Å². The van der Waals surface area contributed by atoms with Crippen molar-refractivity contribution in [3.8, 4) is 6.07 Å². The van der Waals surface area contributed by atoms with Crippen molar-refractivity contribution in [1.82, 2.24) is 4.72 Å². The number of nitrogens with one attached hydrogen (secondary N) is 1. The van der Waals surface area contributed by atoms with Crippen LogP contribution in [0.5, 0.6) is 0 Å². The molecule has 0 spiro atoms. The Morgan fingerprint density at radius 2 is 1.95 bits per heavy atom. The summed E-state index contributed by atoms with van der Waals surface area (Å²) in [5.74, 6) is 0. The first-order valence-electron chi connectivity index (χ1n) is 6.21. The van der Waals surface area contributed by atoms with Crippen molar-refractivity contribution in [3.63, 3.8) is 0 Å². The van der Waals surface area contributed by atoms with Gasteiger partial charge in [0.2, 0.25) is 10.0 Å². The van der Waals surface area contributed by atoms with E-state index in [1.807, 2.05) is 6.07 Å². The van der Waals surface area contributed by atoms with Gasteiger partial charge in [0.25, 0.3) is 0 Å². The summed E-state index contributed by atoms with van der Waals surface area (Å²) in [5.41, 5.74) is 0.325. The third-order valence-electron chi connectivity index (χ3n) is 2.65. The molecule has 0 saturated carbocycles. The number of rotatable bonds is 8. The Kier molecular flexibility index (Phi) is 6.50. The van der Waals surface area contributed by atoms with E-state index in [0.29, 0.717) is 12.1 Å². The lowest BCUT2D eigenvalue weighted by atomic mass is 10.2. The molecule has 6 heteroatoms. The van der Waals surface area contributed by atoms with Crippen molar-refractivity contribution in [2.24, 2.45) is 0 Å². The average molecular weight is 282 g/mol. The summed E-state index contributed by atoms with van der Waals surface area (Å²) in [7, 11) is -3.54. The van der Waals surface area contributed by atoms with E-state index in [-0.39, 0.29) is 11.5 Å². The van der Waals surface area contributed by atoms with Gasteiger partial charge in [-0.1, -0.05) is 18.9 Å². The summed E-state index contributed by atoms with van der Waals surface area (Å²) in [6, 6.07) is 7.85. The second-order valence-electron chi connectivity index (χ2n) is 4.18. The number of benzene rings is 1. The lowest BCUT2D eigenvalue weighted by Crippen LogP contribution is -2.24. The Balaban J connectivity index is 2.49. The van der Waals surface area contributed by atoms with Gasteiger partial charge in [0.05, 0.1) is 16.5 Å². The molecular weight excluding hydrogens is 264 g/mol. The fourth-order valence-corrected chi connectivity index (χ4v) is 2.73. The maximum absolute atomic E-state index is 11.9. The molecule has 5 nitrogen and oxygen atoms in total. The van der Waals surface area contributed by atoms with Crippen LogP contribution in [-0.4, -0.2) is 26.7 Å². The Labute approximate surface area is 113 Å². The van der Waals surface area contributed by atoms with Gasteiger partial charge in [-0.2, -0.15) is 5.26 Å². The zero-order chi connectivity index (χ0) is 14.1. The van der Waals surface area contributed by atoms with Crippen LogP contribution in [-0.2, 0) is 10.0 Å². The molecule has 2 N–H and O–H groups in total. The minimum atomic E-state index is -3.54. The number of aliphatic hydroxyl groups excluding tert-OH is 1. The highest BCUT2D eigenvalue weighted by molar-refractivity contribution is 7.89. The van der Waals surface area contributed by atoms with Gasteiger partial charge in [0.15, 0.2) is 0 Å². The molecule has 0 bridgehead atoms. The van der Waals surface area contributed by atoms with E-state index in [1.54, 1.807) is 12.1 Å². The molecule has 0 radical (unpaired) electrons. The van der Waals surface area contributed by atoms with Crippen molar-refractivity contribution in [1.29, 1.82) is 5.26 Å². The van der Waals surface area contributed by atoms with Crippen molar-refractivity contribution < 1.29 is 13.5 Å². The minimum absolute atomic E-state index is 0.113. The van der Waals surface area contributed by atoms with E-state index in [2.05, 4.69) is 4.72 Å². The first-order valence-corrected chi connectivity index (χ1v) is 7.69. The second kappa shape index (κ2) is 7.89. The molecule has 1 aromatic carbocycles. The zero-order valence-corrected chi connectivity index (χ0v) is 11.5. The lowest BCUT2D eigenvalue weighted by molar-refractivity contribution is 0.282. The number of hydrogen-bond donors (Lipinski definition) is 2. The van der Waals surface area contributed by atoms with Crippen molar-refractivity contribution >= 4 is 10.0 Å². The highest BCUT2D eigenvalue weighted by Crippen LogP contribution is 2.11. The molecule has 0 atom stereocenters. The standard InChI is InChI=1S/C13H18N2O3S/c14-11-12-6-5-7-13(10-12)19(17,18)15-8-3-1-2-4-9-16/h5-7,10,15-16H,1-4,8-9H2. The fourth-order valence-electron chi connectivity index (χ4n) is 1.61. The number of hydrogen-bond acceptors (Lipinski definition) is 4. The molecule has 0 aliphatic heterocycles. The van der Waals surface area contributed by atoms with Crippen molar-refractivity contribution in [2.45, 2.75) is 30.6 Å². The van der Waals surface area contributed by atoms with Gasteiger partial charge in [-0.15, -0.1) is 0 Å². The van der Waals surface area contributed by atoms with E-state index in [0.717, 1.165) is 25.7 Å². The van der Waals surface area contributed by atoms with Crippen molar-refractivity contribution in [3.05, 3.63) is 29.8 Å². The van der Waals surface area contributed by atoms with Crippen LogP contribution < -0.4 is 4.72 Å². The third kappa shape index (κ3) is 5.39. The summed E-state index contributed by atoms with van der Waals surface area (Å²) in [6.07, 6.45) is 3.25. The van der Waals surface area contributed by atoms with Crippen LogP contribution in [0.3, 0.4) is 0 Å². The number of unbranched alkanes of at least 4 members (excludes halogenated alkanes) is 3. The number of sulfonamides is 1. The number of aliphatic hydroxyl groups is 1. The van der Waals surface area contributed by atoms with Crippen LogP contribution in [0.4, 0.5) is 0 Å². The molecule has 0 aliphatic rings. The smallest absolute Gasteiger partial charge is 0.240 e. The summed E-state index contributed by atoms with van der Waals surface area (Å²) < 4.78 is 26.4.